The lowest BCUT2D eigenvalue weighted by atomic mass is 9.86. The molecule has 1 aromatic carbocycles. The summed E-state index contributed by atoms with van der Waals surface area (Å²) in [6.45, 7) is 0. The second kappa shape index (κ2) is 7.24. The number of rotatable bonds is 5. The van der Waals surface area contributed by atoms with Crippen molar-refractivity contribution in [3.63, 3.8) is 0 Å². The fourth-order valence-corrected chi connectivity index (χ4v) is 2.82. The summed E-state index contributed by atoms with van der Waals surface area (Å²) in [5.74, 6) is -1.22. The predicted octanol–water partition coefficient (Wildman–Crippen LogP) is 2.14. The van der Waals surface area contributed by atoms with Crippen LogP contribution < -0.4 is 10.1 Å². The van der Waals surface area contributed by atoms with Crippen molar-refractivity contribution in [1.29, 1.82) is 0 Å². The predicted molar refractivity (Wildman–Crippen MR) is 78.2 cm³/mol. The highest BCUT2D eigenvalue weighted by Gasteiger charge is 2.26. The van der Waals surface area contributed by atoms with Gasteiger partial charge in [0.05, 0.1) is 19.4 Å². The van der Waals surface area contributed by atoms with Gasteiger partial charge in [-0.15, -0.1) is 0 Å². The molecule has 0 unspecified atom stereocenters. The van der Waals surface area contributed by atoms with Crippen LogP contribution in [0.3, 0.4) is 0 Å². The van der Waals surface area contributed by atoms with Crippen LogP contribution >= 0.6 is 0 Å². The maximum absolute atomic E-state index is 13.3. The van der Waals surface area contributed by atoms with Crippen molar-refractivity contribution in [1.82, 2.24) is 5.32 Å². The summed E-state index contributed by atoms with van der Waals surface area (Å²) in [5.41, 5.74) is 0.499. The maximum Gasteiger partial charge on any atom is 0.306 e. The van der Waals surface area contributed by atoms with E-state index in [2.05, 4.69) is 5.32 Å². The van der Waals surface area contributed by atoms with Crippen LogP contribution in [0.25, 0.3) is 0 Å². The Kier molecular flexibility index (Phi) is 5.35. The third-order valence-electron chi connectivity index (χ3n) is 4.03. The van der Waals surface area contributed by atoms with E-state index >= 15 is 0 Å². The molecular formula is C16H20FNO4. The molecule has 0 radical (unpaired) electrons. The first-order valence-corrected chi connectivity index (χ1v) is 7.34. The fourth-order valence-electron chi connectivity index (χ4n) is 2.82. The molecule has 22 heavy (non-hydrogen) atoms. The molecule has 1 aliphatic rings. The van der Waals surface area contributed by atoms with E-state index in [9.17, 15) is 14.0 Å². The molecule has 1 amide bonds. The summed E-state index contributed by atoms with van der Waals surface area (Å²) in [6, 6.07) is 4.06. The minimum atomic E-state index is -0.769. The maximum atomic E-state index is 13.3. The van der Waals surface area contributed by atoms with Gasteiger partial charge in [0.15, 0.2) is 0 Å². The minimum Gasteiger partial charge on any atom is -0.496 e. The molecule has 0 bridgehead atoms. The number of methoxy groups -OCH3 is 1. The Morgan fingerprint density at radius 1 is 1.32 bits per heavy atom. The summed E-state index contributed by atoms with van der Waals surface area (Å²) in [6.07, 6.45) is 2.50. The molecule has 5 nitrogen and oxygen atoms in total. The molecule has 1 fully saturated rings. The number of carboxylic acid groups (broad SMARTS) is 1. The van der Waals surface area contributed by atoms with Gasteiger partial charge in [-0.1, -0.05) is 0 Å². The van der Waals surface area contributed by atoms with Crippen molar-refractivity contribution in [3.05, 3.63) is 29.6 Å². The Morgan fingerprint density at radius 3 is 2.59 bits per heavy atom. The van der Waals surface area contributed by atoms with Gasteiger partial charge in [-0.25, -0.2) is 4.39 Å². The van der Waals surface area contributed by atoms with E-state index in [0.29, 0.717) is 37.0 Å². The quantitative estimate of drug-likeness (QED) is 0.874. The molecule has 1 saturated carbocycles. The van der Waals surface area contributed by atoms with Crippen LogP contribution in [0.1, 0.15) is 31.2 Å². The molecule has 0 spiro atoms. The lowest BCUT2D eigenvalue weighted by Crippen LogP contribution is -2.39. The molecule has 0 atom stereocenters. The van der Waals surface area contributed by atoms with Gasteiger partial charge < -0.3 is 15.2 Å². The number of amides is 1. The average molecular weight is 309 g/mol. The number of carbonyl (C=O) groups excluding carboxylic acids is 1. The second-order valence-corrected chi connectivity index (χ2v) is 5.59. The molecule has 0 saturated heterocycles. The highest BCUT2D eigenvalue weighted by Crippen LogP contribution is 2.25. The monoisotopic (exact) mass is 309 g/mol. The lowest BCUT2D eigenvalue weighted by Gasteiger charge is -2.26. The molecule has 120 valence electrons. The molecule has 0 aromatic heterocycles. The summed E-state index contributed by atoms with van der Waals surface area (Å²) in [5, 5.41) is 11.8. The number of hydrogen-bond acceptors (Lipinski definition) is 3. The summed E-state index contributed by atoms with van der Waals surface area (Å²) < 4.78 is 18.4. The summed E-state index contributed by atoms with van der Waals surface area (Å²) in [4.78, 5) is 23.0. The normalized spacial score (nSPS) is 21.2. The van der Waals surface area contributed by atoms with Gasteiger partial charge in [-0.05, 0) is 43.9 Å². The third kappa shape index (κ3) is 4.19. The van der Waals surface area contributed by atoms with Gasteiger partial charge >= 0.3 is 5.97 Å². The minimum absolute atomic E-state index is 0.0114. The number of carbonyl (C=O) groups is 2. The van der Waals surface area contributed by atoms with Crippen molar-refractivity contribution >= 4 is 11.9 Å². The van der Waals surface area contributed by atoms with E-state index in [1.807, 2.05) is 0 Å². The van der Waals surface area contributed by atoms with Crippen LogP contribution in [0.15, 0.2) is 18.2 Å². The highest BCUT2D eigenvalue weighted by atomic mass is 19.1. The summed E-state index contributed by atoms with van der Waals surface area (Å²) >= 11 is 0. The molecular weight excluding hydrogens is 289 g/mol. The SMILES string of the molecule is COc1ccc(F)cc1CC(=O)NC1CCC(C(=O)O)CC1. The van der Waals surface area contributed by atoms with Gasteiger partial charge in [-0.2, -0.15) is 0 Å². The average Bonchev–Trinajstić information content (AvgIpc) is 2.48. The smallest absolute Gasteiger partial charge is 0.306 e. The van der Waals surface area contributed by atoms with E-state index in [-0.39, 0.29) is 24.3 Å². The van der Waals surface area contributed by atoms with Crippen LogP contribution in [0.4, 0.5) is 4.39 Å². The topological polar surface area (TPSA) is 75.6 Å². The van der Waals surface area contributed by atoms with Crippen molar-refractivity contribution in [2.45, 2.75) is 38.1 Å². The molecule has 0 aliphatic heterocycles. The van der Waals surface area contributed by atoms with Crippen LogP contribution in [-0.2, 0) is 16.0 Å². The molecule has 1 aliphatic carbocycles. The van der Waals surface area contributed by atoms with E-state index in [0.717, 1.165) is 0 Å². The van der Waals surface area contributed by atoms with Crippen molar-refractivity contribution in [2.24, 2.45) is 5.92 Å². The lowest BCUT2D eigenvalue weighted by molar-refractivity contribution is -0.142. The third-order valence-corrected chi connectivity index (χ3v) is 4.03. The zero-order valence-corrected chi connectivity index (χ0v) is 12.5. The number of benzene rings is 1. The van der Waals surface area contributed by atoms with Gasteiger partial charge in [0.25, 0.3) is 0 Å². The second-order valence-electron chi connectivity index (χ2n) is 5.59. The number of hydrogen-bond donors (Lipinski definition) is 2. The Balaban J connectivity index is 1.89. The molecule has 1 aromatic rings. The van der Waals surface area contributed by atoms with Crippen molar-refractivity contribution in [2.75, 3.05) is 7.11 Å². The Bertz CT molecular complexity index is 553. The van der Waals surface area contributed by atoms with Crippen molar-refractivity contribution in [3.8, 4) is 5.75 Å². The van der Waals surface area contributed by atoms with Crippen LogP contribution in [-0.4, -0.2) is 30.1 Å². The van der Waals surface area contributed by atoms with E-state index in [1.165, 1.54) is 25.3 Å². The number of halogens is 1. The zero-order chi connectivity index (χ0) is 16.1. The van der Waals surface area contributed by atoms with Crippen LogP contribution in [0, 0.1) is 11.7 Å². The Hall–Kier alpha value is -2.11. The van der Waals surface area contributed by atoms with E-state index in [1.54, 1.807) is 0 Å². The first-order valence-electron chi connectivity index (χ1n) is 7.34. The number of ether oxygens (including phenoxy) is 1. The number of aliphatic carboxylic acids is 1. The van der Waals surface area contributed by atoms with Crippen molar-refractivity contribution < 1.29 is 23.8 Å². The van der Waals surface area contributed by atoms with Gasteiger partial charge in [-0.3, -0.25) is 9.59 Å². The number of carboxylic acids is 1. The first kappa shape index (κ1) is 16.3. The molecule has 2 N–H and O–H groups in total. The van der Waals surface area contributed by atoms with E-state index < -0.39 is 11.8 Å². The molecule has 0 heterocycles. The largest absolute Gasteiger partial charge is 0.496 e. The zero-order valence-electron chi connectivity index (χ0n) is 12.5. The fraction of sp³-hybridized carbons (Fsp3) is 0.500. The Morgan fingerprint density at radius 2 is 2.00 bits per heavy atom. The highest BCUT2D eigenvalue weighted by molar-refractivity contribution is 5.79. The number of nitrogens with one attached hydrogen (secondary N) is 1. The van der Waals surface area contributed by atoms with E-state index in [4.69, 9.17) is 9.84 Å². The van der Waals surface area contributed by atoms with Crippen LogP contribution in [0.2, 0.25) is 0 Å². The molecule has 6 heteroatoms. The van der Waals surface area contributed by atoms with Gasteiger partial charge in [0.1, 0.15) is 11.6 Å². The standard InChI is InChI=1S/C16H20FNO4/c1-22-14-7-4-12(17)8-11(14)9-15(19)18-13-5-2-10(3-6-13)16(20)21/h4,7-8,10,13H,2-3,5-6,9H2,1H3,(H,18,19)(H,20,21). The first-order chi connectivity index (χ1) is 10.5. The van der Waals surface area contributed by atoms with Gasteiger partial charge in [0.2, 0.25) is 5.91 Å². The molecule has 2 rings (SSSR count). The summed E-state index contributed by atoms with van der Waals surface area (Å²) in [7, 11) is 1.47. The Labute approximate surface area is 128 Å². The van der Waals surface area contributed by atoms with Crippen LogP contribution in [0.5, 0.6) is 5.75 Å². The van der Waals surface area contributed by atoms with Gasteiger partial charge in [0, 0.05) is 11.6 Å².